The predicted octanol–water partition coefficient (Wildman–Crippen LogP) is 3.27. The summed E-state index contributed by atoms with van der Waals surface area (Å²) in [5.41, 5.74) is 4.73. The summed E-state index contributed by atoms with van der Waals surface area (Å²) in [7, 11) is 1.53. The Balaban J connectivity index is 1.91. The molecular formula is C25H23N3O3. The van der Waals surface area contributed by atoms with E-state index in [1.165, 1.54) is 11.9 Å². The van der Waals surface area contributed by atoms with Gasteiger partial charge < -0.3 is 10.1 Å². The number of carbonyl (C=O) groups excluding carboxylic acids is 3. The summed E-state index contributed by atoms with van der Waals surface area (Å²) in [5.74, 6) is -0.537. The summed E-state index contributed by atoms with van der Waals surface area (Å²) < 4.78 is 0. The molecule has 6 nitrogen and oxygen atoms in total. The number of nitriles is 1. The van der Waals surface area contributed by atoms with Gasteiger partial charge in [0.2, 0.25) is 5.91 Å². The lowest BCUT2D eigenvalue weighted by Crippen LogP contribution is -2.39. The van der Waals surface area contributed by atoms with Crippen LogP contribution in [0.3, 0.4) is 0 Å². The lowest BCUT2D eigenvalue weighted by molar-refractivity contribution is -0.121. The molecule has 156 valence electrons. The van der Waals surface area contributed by atoms with Crippen molar-refractivity contribution in [2.24, 2.45) is 0 Å². The largest absolute Gasteiger partial charge is 0.359 e. The highest BCUT2D eigenvalue weighted by Crippen LogP contribution is 2.42. The molecule has 0 aliphatic carbocycles. The summed E-state index contributed by atoms with van der Waals surface area (Å²) in [5, 5.41) is 11.5. The Hall–Kier alpha value is -3.98. The number of allylic oxidation sites excluding steroid dienone is 1. The molecule has 0 saturated heterocycles. The molecule has 31 heavy (non-hydrogen) atoms. The Morgan fingerprint density at radius 3 is 2.58 bits per heavy atom. The van der Waals surface area contributed by atoms with Crippen LogP contribution in [0.2, 0.25) is 0 Å². The summed E-state index contributed by atoms with van der Waals surface area (Å²) in [6, 6.07) is 14.1. The predicted molar refractivity (Wildman–Crippen MR) is 120 cm³/mol. The van der Waals surface area contributed by atoms with Crippen molar-refractivity contribution in [3.63, 3.8) is 0 Å². The van der Waals surface area contributed by atoms with Gasteiger partial charge in [0, 0.05) is 24.6 Å². The highest BCUT2D eigenvalue weighted by atomic mass is 16.2. The lowest BCUT2D eigenvalue weighted by Gasteiger charge is -2.24. The minimum Gasteiger partial charge on any atom is -0.359 e. The number of amides is 2. The Labute approximate surface area is 181 Å². The van der Waals surface area contributed by atoms with Crippen molar-refractivity contribution in [2.45, 2.75) is 25.3 Å². The number of hydrogen-bond acceptors (Lipinski definition) is 4. The van der Waals surface area contributed by atoms with Crippen LogP contribution in [0.4, 0.5) is 5.69 Å². The second-order valence-electron chi connectivity index (χ2n) is 7.36. The zero-order valence-corrected chi connectivity index (χ0v) is 17.4. The van der Waals surface area contributed by atoms with Crippen molar-refractivity contribution in [1.29, 1.82) is 5.26 Å². The van der Waals surface area contributed by atoms with Crippen LogP contribution >= 0.6 is 0 Å². The second-order valence-corrected chi connectivity index (χ2v) is 7.36. The Morgan fingerprint density at radius 2 is 1.97 bits per heavy atom. The molecule has 0 aromatic heterocycles. The first kappa shape index (κ1) is 21.7. The molecule has 6 heteroatoms. The van der Waals surface area contributed by atoms with E-state index in [4.69, 9.17) is 5.26 Å². The van der Waals surface area contributed by atoms with Crippen molar-refractivity contribution in [3.8, 4) is 6.07 Å². The molecule has 1 aliphatic heterocycles. The maximum absolute atomic E-state index is 13.0. The molecule has 1 unspecified atom stereocenters. The van der Waals surface area contributed by atoms with Crippen LogP contribution < -0.4 is 10.2 Å². The molecule has 2 aromatic carbocycles. The molecule has 2 amide bonds. The number of nitrogens with zero attached hydrogens (tertiary/aromatic N) is 2. The van der Waals surface area contributed by atoms with Crippen LogP contribution in [0.15, 0.2) is 55.6 Å². The number of benzene rings is 2. The first-order valence-electron chi connectivity index (χ1n) is 9.90. The zero-order chi connectivity index (χ0) is 22.5. The third-order valence-corrected chi connectivity index (χ3v) is 5.40. The average molecular weight is 413 g/mol. The highest BCUT2D eigenvalue weighted by Gasteiger charge is 2.37. The topological polar surface area (TPSA) is 90.3 Å². The molecular weight excluding hydrogens is 390 g/mol. The molecule has 3 rings (SSSR count). The Bertz CT molecular complexity index is 1110. The van der Waals surface area contributed by atoms with Crippen LogP contribution in [-0.2, 0) is 20.8 Å². The number of fused-ring (bicyclic) bond motifs is 1. The summed E-state index contributed by atoms with van der Waals surface area (Å²) >= 11 is 0. The normalized spacial score (nSPS) is 13.4. The monoisotopic (exact) mass is 413 g/mol. The molecule has 0 radical (unpaired) electrons. The standard InChI is InChI=1S/C25H23N3O3/c1-16(13-18-7-9-19(14-26)10-8-18)21-5-4-6-22-24(21)17(2)25(31)28(22)20(15-29)11-12-23(30)27-3/h4-10,15,20H,1-2,11-13H2,3H3,(H,27,30). The quantitative estimate of drug-likeness (QED) is 0.531. The van der Waals surface area contributed by atoms with E-state index in [9.17, 15) is 14.4 Å². The number of anilines is 1. The molecule has 1 heterocycles. The van der Waals surface area contributed by atoms with Gasteiger partial charge >= 0.3 is 0 Å². The second kappa shape index (κ2) is 9.23. The average Bonchev–Trinajstić information content (AvgIpc) is 3.05. The van der Waals surface area contributed by atoms with Crippen molar-refractivity contribution < 1.29 is 14.4 Å². The zero-order valence-electron chi connectivity index (χ0n) is 17.4. The van der Waals surface area contributed by atoms with E-state index in [0.29, 0.717) is 35.1 Å². The van der Waals surface area contributed by atoms with E-state index in [2.05, 4.69) is 24.5 Å². The fourth-order valence-electron chi connectivity index (χ4n) is 3.74. The van der Waals surface area contributed by atoms with E-state index in [1.54, 1.807) is 18.2 Å². The molecule has 0 fully saturated rings. The smallest absolute Gasteiger partial charge is 0.259 e. The summed E-state index contributed by atoms with van der Waals surface area (Å²) in [6.45, 7) is 8.17. The maximum atomic E-state index is 13.0. The van der Waals surface area contributed by atoms with Crippen LogP contribution in [0.25, 0.3) is 11.1 Å². The minimum absolute atomic E-state index is 0.136. The Kier molecular flexibility index (Phi) is 6.46. The summed E-state index contributed by atoms with van der Waals surface area (Å²) in [6.07, 6.45) is 1.59. The van der Waals surface area contributed by atoms with Gasteiger partial charge in [-0.3, -0.25) is 14.5 Å². The van der Waals surface area contributed by atoms with Crippen LogP contribution in [0, 0.1) is 11.3 Å². The van der Waals surface area contributed by atoms with Crippen LogP contribution in [-0.4, -0.2) is 31.2 Å². The number of carbonyl (C=O) groups is 3. The van der Waals surface area contributed by atoms with Gasteiger partial charge in [0.1, 0.15) is 6.29 Å². The SMILES string of the molecule is C=C(Cc1ccc(C#N)cc1)c1cccc2c1C(=C)C(=O)N2C(C=O)CCC(=O)NC. The van der Waals surface area contributed by atoms with E-state index in [1.807, 2.05) is 24.3 Å². The van der Waals surface area contributed by atoms with E-state index in [0.717, 1.165) is 16.7 Å². The minimum atomic E-state index is -0.759. The summed E-state index contributed by atoms with van der Waals surface area (Å²) in [4.78, 5) is 37.8. The van der Waals surface area contributed by atoms with Crippen molar-refractivity contribution >= 4 is 34.9 Å². The van der Waals surface area contributed by atoms with Gasteiger partial charge in [0.05, 0.1) is 23.4 Å². The Morgan fingerprint density at radius 1 is 1.26 bits per heavy atom. The van der Waals surface area contributed by atoms with Crippen molar-refractivity contribution in [2.75, 3.05) is 11.9 Å². The molecule has 2 aromatic rings. The first-order chi connectivity index (χ1) is 14.9. The van der Waals surface area contributed by atoms with Crippen molar-refractivity contribution in [3.05, 3.63) is 77.9 Å². The molecule has 0 spiro atoms. The number of hydrogen-bond donors (Lipinski definition) is 1. The number of nitrogens with one attached hydrogen (secondary N) is 1. The van der Waals surface area contributed by atoms with E-state index >= 15 is 0 Å². The first-order valence-corrected chi connectivity index (χ1v) is 9.90. The van der Waals surface area contributed by atoms with Gasteiger partial charge in [-0.2, -0.15) is 5.26 Å². The third kappa shape index (κ3) is 4.31. The van der Waals surface area contributed by atoms with Crippen molar-refractivity contribution in [1.82, 2.24) is 5.32 Å². The fourth-order valence-corrected chi connectivity index (χ4v) is 3.74. The molecule has 0 bridgehead atoms. The van der Waals surface area contributed by atoms with Gasteiger partial charge in [0.25, 0.3) is 5.91 Å². The number of aldehydes is 1. The maximum Gasteiger partial charge on any atom is 0.259 e. The third-order valence-electron chi connectivity index (χ3n) is 5.40. The molecule has 1 N–H and O–H groups in total. The van der Waals surface area contributed by atoms with Gasteiger partial charge in [-0.05, 0) is 47.7 Å². The van der Waals surface area contributed by atoms with E-state index < -0.39 is 6.04 Å². The van der Waals surface area contributed by atoms with Gasteiger partial charge in [-0.15, -0.1) is 0 Å². The highest BCUT2D eigenvalue weighted by molar-refractivity contribution is 6.33. The van der Waals surface area contributed by atoms with Crippen LogP contribution in [0.5, 0.6) is 0 Å². The van der Waals surface area contributed by atoms with E-state index in [-0.39, 0.29) is 24.7 Å². The van der Waals surface area contributed by atoms with Gasteiger partial charge in [-0.25, -0.2) is 0 Å². The van der Waals surface area contributed by atoms with Gasteiger partial charge in [0.15, 0.2) is 0 Å². The lowest BCUT2D eigenvalue weighted by atomic mass is 9.92. The number of rotatable bonds is 8. The molecule has 0 saturated carbocycles. The fraction of sp³-hybridized carbons (Fsp3) is 0.200. The molecule has 1 aliphatic rings. The van der Waals surface area contributed by atoms with Gasteiger partial charge in [-0.1, -0.05) is 37.4 Å². The molecule has 1 atom stereocenters. The van der Waals surface area contributed by atoms with Crippen LogP contribution in [0.1, 0.15) is 35.1 Å².